The molecule has 1 aromatic heterocycles. The molecule has 0 atom stereocenters. The molecule has 4 nitrogen and oxygen atoms in total. The normalized spacial score (nSPS) is 10.6. The van der Waals surface area contributed by atoms with Crippen LogP contribution in [-0.2, 0) is 6.54 Å². The Labute approximate surface area is 124 Å². The van der Waals surface area contributed by atoms with Crippen LogP contribution in [0.15, 0.2) is 36.5 Å². The molecule has 106 valence electrons. The third-order valence-corrected chi connectivity index (χ3v) is 2.96. The van der Waals surface area contributed by atoms with Gasteiger partial charge in [-0.15, -0.1) is 0 Å². The van der Waals surface area contributed by atoms with Crippen LogP contribution >= 0.6 is 11.6 Å². The van der Waals surface area contributed by atoms with Crippen molar-refractivity contribution < 1.29 is 0 Å². The molecule has 1 aromatic carbocycles. The predicted octanol–water partition coefficient (Wildman–Crippen LogP) is 3.81. The van der Waals surface area contributed by atoms with E-state index in [0.717, 1.165) is 22.9 Å². The van der Waals surface area contributed by atoms with Crippen LogP contribution in [0.25, 0.3) is 0 Å². The SMILES string of the molecule is CC(C)CNc1ccnc(NCc2ccc(Cl)cc2)n1. The number of halogens is 1. The second-order valence-electron chi connectivity index (χ2n) is 5.02. The van der Waals surface area contributed by atoms with Gasteiger partial charge in [0.15, 0.2) is 0 Å². The number of rotatable bonds is 6. The summed E-state index contributed by atoms with van der Waals surface area (Å²) in [4.78, 5) is 8.63. The molecule has 0 bridgehead atoms. The largest absolute Gasteiger partial charge is 0.370 e. The Kier molecular flexibility index (Phi) is 5.18. The molecule has 2 N–H and O–H groups in total. The van der Waals surface area contributed by atoms with Crippen LogP contribution in [0.3, 0.4) is 0 Å². The van der Waals surface area contributed by atoms with E-state index in [4.69, 9.17) is 11.6 Å². The van der Waals surface area contributed by atoms with E-state index < -0.39 is 0 Å². The summed E-state index contributed by atoms with van der Waals surface area (Å²) in [6.07, 6.45) is 1.75. The minimum atomic E-state index is 0.579. The molecule has 0 radical (unpaired) electrons. The minimum Gasteiger partial charge on any atom is -0.370 e. The zero-order chi connectivity index (χ0) is 14.4. The van der Waals surface area contributed by atoms with E-state index in [9.17, 15) is 0 Å². The lowest BCUT2D eigenvalue weighted by molar-refractivity contribution is 0.687. The van der Waals surface area contributed by atoms with Crippen LogP contribution in [0, 0.1) is 5.92 Å². The fourth-order valence-electron chi connectivity index (χ4n) is 1.63. The van der Waals surface area contributed by atoms with Gasteiger partial charge < -0.3 is 10.6 Å². The number of benzene rings is 1. The Balaban J connectivity index is 1.92. The van der Waals surface area contributed by atoms with Crippen molar-refractivity contribution in [3.05, 3.63) is 47.1 Å². The first-order valence-corrected chi connectivity index (χ1v) is 7.06. The van der Waals surface area contributed by atoms with Crippen molar-refractivity contribution >= 4 is 23.4 Å². The summed E-state index contributed by atoms with van der Waals surface area (Å²) in [6, 6.07) is 9.59. The second kappa shape index (κ2) is 7.10. The summed E-state index contributed by atoms with van der Waals surface area (Å²) in [7, 11) is 0. The number of aromatic nitrogens is 2. The molecule has 0 fully saturated rings. The summed E-state index contributed by atoms with van der Waals surface area (Å²) in [5.41, 5.74) is 1.14. The fraction of sp³-hybridized carbons (Fsp3) is 0.333. The fourth-order valence-corrected chi connectivity index (χ4v) is 1.76. The first-order chi connectivity index (χ1) is 9.63. The first kappa shape index (κ1) is 14.6. The molecule has 0 aliphatic carbocycles. The lowest BCUT2D eigenvalue weighted by Gasteiger charge is -2.10. The molecule has 0 aliphatic heterocycles. The summed E-state index contributed by atoms with van der Waals surface area (Å²) in [5.74, 6) is 2.04. The summed E-state index contributed by atoms with van der Waals surface area (Å²) < 4.78 is 0. The van der Waals surface area contributed by atoms with Gasteiger partial charge in [0, 0.05) is 24.3 Å². The molecule has 20 heavy (non-hydrogen) atoms. The average molecular weight is 291 g/mol. The minimum absolute atomic E-state index is 0.579. The van der Waals surface area contributed by atoms with Gasteiger partial charge in [0.2, 0.25) is 5.95 Å². The maximum atomic E-state index is 5.86. The molecule has 0 spiro atoms. The Morgan fingerprint density at radius 2 is 1.85 bits per heavy atom. The Morgan fingerprint density at radius 1 is 1.10 bits per heavy atom. The number of anilines is 2. The standard InChI is InChI=1S/C15H19ClN4/c1-11(2)9-18-14-7-8-17-15(20-14)19-10-12-3-5-13(16)6-4-12/h3-8,11H,9-10H2,1-2H3,(H2,17,18,19,20). The lowest BCUT2D eigenvalue weighted by atomic mass is 10.2. The molecule has 0 saturated carbocycles. The van der Waals surface area contributed by atoms with Gasteiger partial charge in [-0.3, -0.25) is 0 Å². The molecule has 5 heteroatoms. The van der Waals surface area contributed by atoms with Crippen molar-refractivity contribution in [2.75, 3.05) is 17.2 Å². The molecular weight excluding hydrogens is 272 g/mol. The number of hydrogen-bond donors (Lipinski definition) is 2. The van der Waals surface area contributed by atoms with Gasteiger partial charge in [0.25, 0.3) is 0 Å². The van der Waals surface area contributed by atoms with E-state index in [2.05, 4.69) is 34.4 Å². The first-order valence-electron chi connectivity index (χ1n) is 6.68. The van der Waals surface area contributed by atoms with Gasteiger partial charge >= 0.3 is 0 Å². The van der Waals surface area contributed by atoms with Gasteiger partial charge in [-0.25, -0.2) is 4.98 Å². The van der Waals surface area contributed by atoms with Crippen LogP contribution in [0.1, 0.15) is 19.4 Å². The van der Waals surface area contributed by atoms with Gasteiger partial charge in [0.05, 0.1) is 0 Å². The topological polar surface area (TPSA) is 49.8 Å². The van der Waals surface area contributed by atoms with Crippen LogP contribution < -0.4 is 10.6 Å². The highest BCUT2D eigenvalue weighted by Gasteiger charge is 2.00. The Bertz CT molecular complexity index is 540. The van der Waals surface area contributed by atoms with Crippen LogP contribution in [-0.4, -0.2) is 16.5 Å². The van der Waals surface area contributed by atoms with Crippen molar-refractivity contribution in [3.8, 4) is 0 Å². The van der Waals surface area contributed by atoms with Gasteiger partial charge in [-0.05, 0) is 29.7 Å². The van der Waals surface area contributed by atoms with Gasteiger partial charge in [0.1, 0.15) is 5.82 Å². The molecule has 1 heterocycles. The van der Waals surface area contributed by atoms with Crippen LogP contribution in [0.4, 0.5) is 11.8 Å². The molecule has 2 rings (SSSR count). The van der Waals surface area contributed by atoms with Gasteiger partial charge in [-0.2, -0.15) is 4.98 Å². The molecule has 0 aliphatic rings. The van der Waals surface area contributed by atoms with E-state index >= 15 is 0 Å². The third-order valence-electron chi connectivity index (χ3n) is 2.71. The number of nitrogens with one attached hydrogen (secondary N) is 2. The highest BCUT2D eigenvalue weighted by atomic mass is 35.5. The van der Waals surface area contributed by atoms with Gasteiger partial charge in [-0.1, -0.05) is 37.6 Å². The van der Waals surface area contributed by atoms with Crippen molar-refractivity contribution in [1.82, 2.24) is 9.97 Å². The van der Waals surface area contributed by atoms with Crippen molar-refractivity contribution in [2.45, 2.75) is 20.4 Å². The van der Waals surface area contributed by atoms with E-state index in [1.807, 2.05) is 30.3 Å². The van der Waals surface area contributed by atoms with Crippen LogP contribution in [0.2, 0.25) is 5.02 Å². The lowest BCUT2D eigenvalue weighted by Crippen LogP contribution is -2.11. The second-order valence-corrected chi connectivity index (χ2v) is 5.46. The zero-order valence-electron chi connectivity index (χ0n) is 11.7. The van der Waals surface area contributed by atoms with Crippen LogP contribution in [0.5, 0.6) is 0 Å². The highest BCUT2D eigenvalue weighted by Crippen LogP contribution is 2.11. The molecule has 0 saturated heterocycles. The van der Waals surface area contributed by atoms with E-state index in [0.29, 0.717) is 18.4 Å². The molecule has 2 aromatic rings. The smallest absolute Gasteiger partial charge is 0.224 e. The predicted molar refractivity (Wildman–Crippen MR) is 84.1 cm³/mol. The number of hydrogen-bond acceptors (Lipinski definition) is 4. The third kappa shape index (κ3) is 4.70. The molecular formula is C15H19ClN4. The zero-order valence-corrected chi connectivity index (χ0v) is 12.5. The highest BCUT2D eigenvalue weighted by molar-refractivity contribution is 6.30. The average Bonchev–Trinajstić information content (AvgIpc) is 2.45. The van der Waals surface area contributed by atoms with E-state index in [1.54, 1.807) is 6.20 Å². The van der Waals surface area contributed by atoms with E-state index in [-0.39, 0.29) is 0 Å². The monoisotopic (exact) mass is 290 g/mol. The maximum Gasteiger partial charge on any atom is 0.224 e. The molecule has 0 unspecified atom stereocenters. The summed E-state index contributed by atoms with van der Waals surface area (Å²) >= 11 is 5.86. The van der Waals surface area contributed by atoms with Crippen molar-refractivity contribution in [2.24, 2.45) is 5.92 Å². The summed E-state index contributed by atoms with van der Waals surface area (Å²) in [5, 5.41) is 7.23. The summed E-state index contributed by atoms with van der Waals surface area (Å²) in [6.45, 7) is 5.89. The van der Waals surface area contributed by atoms with E-state index in [1.165, 1.54) is 0 Å². The number of nitrogens with zero attached hydrogens (tertiary/aromatic N) is 2. The molecule has 0 amide bonds. The Morgan fingerprint density at radius 3 is 2.55 bits per heavy atom. The Hall–Kier alpha value is -1.81. The van der Waals surface area contributed by atoms with Crippen molar-refractivity contribution in [1.29, 1.82) is 0 Å². The maximum absolute atomic E-state index is 5.86. The quantitative estimate of drug-likeness (QED) is 0.849. The van der Waals surface area contributed by atoms with Crippen molar-refractivity contribution in [3.63, 3.8) is 0 Å².